The fourth-order valence-electron chi connectivity index (χ4n) is 16.9. The first kappa shape index (κ1) is 80.6. The minimum absolute atomic E-state index is 0.0238. The second-order valence-electron chi connectivity index (χ2n) is 31.3. The number of hydrogen-bond acceptors (Lipinski definition) is 12. The molecule has 2 aliphatic carbocycles. The Labute approximate surface area is 604 Å². The Morgan fingerprint density at radius 2 is 1.30 bits per heavy atom. The van der Waals surface area contributed by atoms with Crippen LogP contribution in [-0.4, -0.2) is 249 Å². The third-order valence-corrected chi connectivity index (χ3v) is 23.7. The van der Waals surface area contributed by atoms with Crippen molar-refractivity contribution in [3.63, 3.8) is 0 Å². The zero-order chi connectivity index (χ0) is 75.1. The van der Waals surface area contributed by atoms with Gasteiger partial charge in [-0.25, -0.2) is 0 Å². The number of halogens is 4. The number of carbonyl (C=O) groups excluding carboxylic acids is 12. The minimum Gasteiger partial charge on any atom is -0.343 e. The van der Waals surface area contributed by atoms with Gasteiger partial charge >= 0.3 is 6.18 Å². The Bertz CT molecular complexity index is 3270. The third-order valence-electron chi connectivity index (χ3n) is 23.3. The number of fused-ring (bicyclic) bond motifs is 2. The maximum Gasteiger partial charge on any atom is 0.417 e. The Balaban J connectivity index is 1.18. The van der Waals surface area contributed by atoms with Crippen molar-refractivity contribution in [3.8, 4) is 0 Å². The maximum atomic E-state index is 15.5. The van der Waals surface area contributed by atoms with Gasteiger partial charge in [0.05, 0.1) is 23.6 Å². The second-order valence-corrected chi connectivity index (χ2v) is 31.7. The van der Waals surface area contributed by atoms with E-state index < -0.39 is 172 Å². The van der Waals surface area contributed by atoms with Crippen LogP contribution in [-0.2, 0) is 70.1 Å². The van der Waals surface area contributed by atoms with E-state index in [4.69, 9.17) is 11.6 Å². The standard InChI is InChI=1S/C74H112ClF3N12O12/c1-14-45(6)61-70(100)85(11)55-37-46(7)53-40-58(90(53)69(55)99)67(97)84(10)56(39-47-24-17-15-18-25-47)66(96)82(8)42-59(91)79-51(30-28-48-27-29-49(50(75)38-48)74(76,77)78)65(95)89-35-23-26-52(89)64(94)81-73(31-19-20-32-73)72(102)87(13)62(44(4)5)71(101)86(12)57(68(98)88-33-21-16-22-34-88)41-60(92)83(9)54(36-43(2)3)63(93)80-61/h27,29,38,43-47,51-58,61-62H,14-26,28,30-37,39-42H2,1-13H3,(H,79,91)(H,80,93)(H,81,94)/t45-,46?,51-,52-,53?,54-,55-,56-,57-,58-,61-,62-/m0/s1. The van der Waals surface area contributed by atoms with Crippen molar-refractivity contribution in [2.75, 3.05) is 68.5 Å². The van der Waals surface area contributed by atoms with Crippen molar-refractivity contribution in [1.82, 2.24) is 60.0 Å². The lowest BCUT2D eigenvalue weighted by Gasteiger charge is -2.56. The second kappa shape index (κ2) is 34.2. The van der Waals surface area contributed by atoms with Crippen molar-refractivity contribution in [2.24, 2.45) is 29.6 Å². The average molecular weight is 1450 g/mol. The average Bonchev–Trinajstić information content (AvgIpc) is 0.914. The number of nitrogens with zero attached hydrogens (tertiary/aromatic N) is 9. The molecule has 12 atom stereocenters. The number of aryl methyl sites for hydroxylation is 1. The number of rotatable bonds is 11. The van der Waals surface area contributed by atoms with Gasteiger partial charge < -0.3 is 60.0 Å². The van der Waals surface area contributed by atoms with Crippen LogP contribution in [0.4, 0.5) is 13.2 Å². The zero-order valence-corrected chi connectivity index (χ0v) is 63.0. The predicted molar refractivity (Wildman–Crippen MR) is 376 cm³/mol. The van der Waals surface area contributed by atoms with E-state index in [-0.39, 0.29) is 88.1 Å². The van der Waals surface area contributed by atoms with Gasteiger partial charge in [0.25, 0.3) is 0 Å². The lowest BCUT2D eigenvalue weighted by atomic mass is 9.75. The molecule has 8 rings (SSSR count). The van der Waals surface area contributed by atoms with Crippen molar-refractivity contribution in [3.05, 3.63) is 34.3 Å². The Hall–Kier alpha value is -7.06. The summed E-state index contributed by atoms with van der Waals surface area (Å²) >= 11 is 6.17. The van der Waals surface area contributed by atoms with E-state index in [2.05, 4.69) is 16.0 Å². The summed E-state index contributed by atoms with van der Waals surface area (Å²) in [6, 6.07) is -8.08. The van der Waals surface area contributed by atoms with E-state index in [1.165, 1.54) is 87.6 Å². The summed E-state index contributed by atoms with van der Waals surface area (Å²) in [6.07, 6.45) is 4.11. The number of nitrogens with one attached hydrogen (secondary N) is 3. The third kappa shape index (κ3) is 18.0. The number of piperidine rings is 2. The van der Waals surface area contributed by atoms with Gasteiger partial charge in [0.2, 0.25) is 70.9 Å². The summed E-state index contributed by atoms with van der Waals surface area (Å²) in [5.41, 5.74) is -2.35. The molecular weight excluding hydrogens is 1340 g/mol. The topological polar surface area (TPSA) is 270 Å². The maximum absolute atomic E-state index is 15.5. The first-order valence-corrected chi connectivity index (χ1v) is 37.7. The number of hydrogen-bond donors (Lipinski definition) is 3. The van der Waals surface area contributed by atoms with Crippen molar-refractivity contribution >= 4 is 82.5 Å². The van der Waals surface area contributed by atoms with Crippen LogP contribution in [0, 0.1) is 29.6 Å². The largest absolute Gasteiger partial charge is 0.417 e. The SMILES string of the molecule is CC[C@H](C)[C@@H]1NC(=O)[C@H](CC(C)C)N(C)C(=O)C[C@@H](C(=O)N2CCCCC2)N(C)C(=O)[C@H](C(C)C)N(C)C(=O)C2(CCCC2)NC(=O)[C@@H]2CCCN2C(=O)[C@H](CCc2ccc(C(F)(F)F)c(Cl)c2)NC(=O)CN(C)C(=O)[C@H](CC2CCCCC2)N(C)C(=O)[C@@H]2CC3C(C)C[C@@H](C(=O)N32)N(C)C1=O. The van der Waals surface area contributed by atoms with Crippen molar-refractivity contribution in [1.29, 1.82) is 0 Å². The van der Waals surface area contributed by atoms with E-state index in [0.717, 1.165) is 50.7 Å². The molecule has 7 fully saturated rings. The lowest BCUT2D eigenvalue weighted by molar-refractivity contribution is -0.175. The van der Waals surface area contributed by atoms with Crippen molar-refractivity contribution < 1.29 is 70.7 Å². The van der Waals surface area contributed by atoms with Crippen LogP contribution >= 0.6 is 11.6 Å². The molecule has 2 saturated carbocycles. The molecular formula is C74H112ClF3N12O12. The molecule has 2 bridgehead atoms. The molecule has 12 amide bonds. The van der Waals surface area contributed by atoms with Gasteiger partial charge in [0.15, 0.2) is 0 Å². The monoisotopic (exact) mass is 1450 g/mol. The number of likely N-dealkylation sites (tertiary alicyclic amines) is 1. The fourth-order valence-corrected chi connectivity index (χ4v) is 17.2. The zero-order valence-electron chi connectivity index (χ0n) is 62.2. The van der Waals surface area contributed by atoms with Gasteiger partial charge in [-0.2, -0.15) is 13.2 Å². The summed E-state index contributed by atoms with van der Waals surface area (Å²) < 4.78 is 41.7. The number of carbonyl (C=O) groups is 12. The molecule has 1 aromatic carbocycles. The van der Waals surface area contributed by atoms with Crippen molar-refractivity contribution in [2.45, 2.75) is 262 Å². The first-order valence-electron chi connectivity index (χ1n) is 37.3. The van der Waals surface area contributed by atoms with E-state index in [9.17, 15) is 18.0 Å². The molecule has 1 aromatic rings. The molecule has 5 saturated heterocycles. The highest BCUT2D eigenvalue weighted by Crippen LogP contribution is 2.42. The van der Waals surface area contributed by atoms with Gasteiger partial charge in [-0.05, 0) is 131 Å². The van der Waals surface area contributed by atoms with Gasteiger partial charge in [-0.15, -0.1) is 0 Å². The summed E-state index contributed by atoms with van der Waals surface area (Å²) in [6.45, 7) is 13.0. The summed E-state index contributed by atoms with van der Waals surface area (Å²) in [5, 5.41) is 8.23. The minimum atomic E-state index is -4.76. The molecule has 3 N–H and O–H groups in total. The van der Waals surface area contributed by atoms with Gasteiger partial charge in [-0.1, -0.05) is 118 Å². The molecule has 1 spiro atoms. The molecule has 7 aliphatic rings. The molecule has 5 heterocycles. The lowest BCUT2D eigenvalue weighted by Crippen LogP contribution is -2.73. The van der Waals surface area contributed by atoms with E-state index in [1.54, 1.807) is 25.7 Å². The summed E-state index contributed by atoms with van der Waals surface area (Å²) in [7, 11) is 8.73. The molecule has 2 unspecified atom stereocenters. The molecule has 28 heteroatoms. The molecule has 102 heavy (non-hydrogen) atoms. The molecule has 24 nitrogen and oxygen atoms in total. The van der Waals surface area contributed by atoms with E-state index in [1.807, 2.05) is 27.7 Å². The van der Waals surface area contributed by atoms with E-state index >= 15 is 52.7 Å². The number of benzene rings is 1. The van der Waals surface area contributed by atoms with Crippen LogP contribution < -0.4 is 16.0 Å². The van der Waals surface area contributed by atoms with Gasteiger partial charge in [0, 0.05) is 68.0 Å². The van der Waals surface area contributed by atoms with Crippen LogP contribution in [0.1, 0.15) is 194 Å². The summed E-state index contributed by atoms with van der Waals surface area (Å²) in [4.78, 5) is 193. The van der Waals surface area contributed by atoms with Crippen LogP contribution in [0.5, 0.6) is 0 Å². The molecule has 0 radical (unpaired) electrons. The molecule has 568 valence electrons. The van der Waals surface area contributed by atoms with Crippen LogP contribution in [0.3, 0.4) is 0 Å². The van der Waals surface area contributed by atoms with Gasteiger partial charge in [0.1, 0.15) is 59.9 Å². The van der Waals surface area contributed by atoms with E-state index in [0.29, 0.717) is 57.2 Å². The number of amides is 12. The normalized spacial score (nSPS) is 29.4. The Morgan fingerprint density at radius 3 is 1.91 bits per heavy atom. The summed E-state index contributed by atoms with van der Waals surface area (Å²) in [5.74, 6) is -8.88. The quantitative estimate of drug-likeness (QED) is 0.217. The van der Waals surface area contributed by atoms with Crippen LogP contribution in [0.25, 0.3) is 0 Å². The highest BCUT2D eigenvalue weighted by atomic mass is 35.5. The Morgan fingerprint density at radius 1 is 0.657 bits per heavy atom. The smallest absolute Gasteiger partial charge is 0.343 e. The number of likely N-dealkylation sites (N-methyl/N-ethyl adjacent to an activating group) is 6. The van der Waals surface area contributed by atoms with Crippen LogP contribution in [0.2, 0.25) is 5.02 Å². The fraction of sp³-hybridized carbons (Fsp3) is 0.757. The highest BCUT2D eigenvalue weighted by Gasteiger charge is 2.57. The molecule has 0 aromatic heterocycles. The van der Waals surface area contributed by atoms with Gasteiger partial charge in [-0.3, -0.25) is 57.5 Å². The Kier molecular flexibility index (Phi) is 27.1. The number of alkyl halides is 3. The first-order chi connectivity index (χ1) is 48.0. The predicted octanol–water partition coefficient (Wildman–Crippen LogP) is 6.42. The highest BCUT2D eigenvalue weighted by molar-refractivity contribution is 6.31. The molecule has 5 aliphatic heterocycles. The van der Waals surface area contributed by atoms with Crippen LogP contribution in [0.15, 0.2) is 18.2 Å².